The molecule has 19 heavy (non-hydrogen) atoms. The lowest BCUT2D eigenvalue weighted by atomic mass is 9.87. The van der Waals surface area contributed by atoms with Gasteiger partial charge in [-0.2, -0.15) is 4.98 Å². The van der Waals surface area contributed by atoms with Gasteiger partial charge in [-0.25, -0.2) is 4.39 Å². The Bertz CT molecular complexity index is 543. The molecule has 2 aromatic rings. The minimum Gasteiger partial charge on any atom is -0.339 e. The van der Waals surface area contributed by atoms with Gasteiger partial charge in [0, 0.05) is 0 Å². The fourth-order valence-corrected chi connectivity index (χ4v) is 1.63. The summed E-state index contributed by atoms with van der Waals surface area (Å²) in [5, 5.41) is 3.91. The molecule has 102 valence electrons. The van der Waals surface area contributed by atoms with E-state index in [1.54, 1.807) is 12.1 Å². The van der Waals surface area contributed by atoms with Crippen LogP contribution < -0.4 is 5.73 Å². The van der Waals surface area contributed by atoms with Gasteiger partial charge in [-0.3, -0.25) is 0 Å². The van der Waals surface area contributed by atoms with Crippen molar-refractivity contribution in [3.63, 3.8) is 0 Å². The molecule has 2 N–H and O–H groups in total. The van der Waals surface area contributed by atoms with Crippen LogP contribution in [-0.4, -0.2) is 10.1 Å². The Morgan fingerprint density at radius 3 is 2.47 bits per heavy atom. The Morgan fingerprint density at radius 1 is 1.26 bits per heavy atom. The Hall–Kier alpha value is -1.75. The van der Waals surface area contributed by atoms with E-state index < -0.39 is 0 Å². The summed E-state index contributed by atoms with van der Waals surface area (Å²) in [5.41, 5.74) is 6.85. The molecule has 0 aliphatic heterocycles. The highest BCUT2D eigenvalue weighted by Gasteiger charge is 2.26. The lowest BCUT2D eigenvalue weighted by Gasteiger charge is -2.23. The van der Waals surface area contributed by atoms with Crippen molar-refractivity contribution < 1.29 is 8.91 Å². The predicted molar refractivity (Wildman–Crippen MR) is 69.9 cm³/mol. The normalized spacial score (nSPS) is 13.5. The van der Waals surface area contributed by atoms with E-state index in [1.165, 1.54) is 12.1 Å². The van der Waals surface area contributed by atoms with Crippen LogP contribution in [0.2, 0.25) is 0 Å². The predicted octanol–water partition coefficient (Wildman–Crippen LogP) is 2.85. The third kappa shape index (κ3) is 3.38. The number of rotatable bonds is 3. The molecule has 0 fully saturated rings. The Morgan fingerprint density at radius 2 is 1.89 bits per heavy atom. The van der Waals surface area contributed by atoms with Crippen LogP contribution >= 0.6 is 0 Å². The van der Waals surface area contributed by atoms with E-state index in [-0.39, 0.29) is 17.3 Å². The molecule has 0 amide bonds. The molecule has 1 heterocycles. The summed E-state index contributed by atoms with van der Waals surface area (Å²) in [7, 11) is 0. The van der Waals surface area contributed by atoms with Gasteiger partial charge in [0.15, 0.2) is 5.82 Å². The third-order valence-electron chi connectivity index (χ3n) is 2.96. The van der Waals surface area contributed by atoms with E-state index in [1.807, 2.05) is 20.8 Å². The lowest BCUT2D eigenvalue weighted by molar-refractivity contribution is 0.301. The minimum absolute atomic E-state index is 0.128. The van der Waals surface area contributed by atoms with Crippen molar-refractivity contribution in [3.8, 4) is 0 Å². The molecular weight excluding hydrogens is 245 g/mol. The van der Waals surface area contributed by atoms with Crippen molar-refractivity contribution in [2.45, 2.75) is 33.2 Å². The molecule has 1 aromatic heterocycles. The van der Waals surface area contributed by atoms with Gasteiger partial charge in [0.1, 0.15) is 5.82 Å². The summed E-state index contributed by atoms with van der Waals surface area (Å²) in [5.74, 6) is 0.732. The zero-order chi connectivity index (χ0) is 14.0. The number of benzene rings is 1. The fourth-order valence-electron chi connectivity index (χ4n) is 1.63. The first kappa shape index (κ1) is 13.7. The van der Waals surface area contributed by atoms with Crippen LogP contribution in [0.15, 0.2) is 28.8 Å². The zero-order valence-corrected chi connectivity index (χ0v) is 11.4. The van der Waals surface area contributed by atoms with Crippen molar-refractivity contribution in [1.82, 2.24) is 10.1 Å². The lowest BCUT2D eigenvalue weighted by Crippen LogP contribution is -2.27. The standard InChI is InChI=1S/C14H18FN3O/c1-14(2,3)12(16)13-17-11(19-18-13)8-9-4-6-10(15)7-5-9/h4-7,12H,8,16H2,1-3H3. The number of hydrogen-bond acceptors (Lipinski definition) is 4. The minimum atomic E-state index is -0.279. The zero-order valence-electron chi connectivity index (χ0n) is 11.4. The molecule has 0 aliphatic rings. The first-order chi connectivity index (χ1) is 8.86. The van der Waals surface area contributed by atoms with Gasteiger partial charge in [0.05, 0.1) is 12.5 Å². The van der Waals surface area contributed by atoms with E-state index in [0.29, 0.717) is 18.1 Å². The number of nitrogens with two attached hydrogens (primary N) is 1. The van der Waals surface area contributed by atoms with Gasteiger partial charge in [0.2, 0.25) is 5.89 Å². The van der Waals surface area contributed by atoms with E-state index in [9.17, 15) is 4.39 Å². The maximum absolute atomic E-state index is 12.8. The second-order valence-corrected chi connectivity index (χ2v) is 5.69. The highest BCUT2D eigenvalue weighted by molar-refractivity contribution is 5.19. The highest BCUT2D eigenvalue weighted by atomic mass is 19.1. The molecule has 2 rings (SSSR count). The molecule has 0 bridgehead atoms. The maximum Gasteiger partial charge on any atom is 0.231 e. The van der Waals surface area contributed by atoms with Crippen molar-refractivity contribution in [3.05, 3.63) is 47.4 Å². The van der Waals surface area contributed by atoms with Crippen LogP contribution in [0.3, 0.4) is 0 Å². The van der Waals surface area contributed by atoms with E-state index >= 15 is 0 Å². The van der Waals surface area contributed by atoms with Crippen LogP contribution in [0.25, 0.3) is 0 Å². The summed E-state index contributed by atoms with van der Waals surface area (Å²) in [6, 6.07) is 5.94. The molecule has 0 saturated heterocycles. The first-order valence-electron chi connectivity index (χ1n) is 6.19. The van der Waals surface area contributed by atoms with E-state index in [0.717, 1.165) is 5.56 Å². The number of aromatic nitrogens is 2. The molecule has 1 aromatic carbocycles. The molecule has 0 aliphatic carbocycles. The molecule has 5 heteroatoms. The topological polar surface area (TPSA) is 64.9 Å². The average Bonchev–Trinajstić information content (AvgIpc) is 2.78. The monoisotopic (exact) mass is 263 g/mol. The van der Waals surface area contributed by atoms with E-state index in [4.69, 9.17) is 10.3 Å². The second-order valence-electron chi connectivity index (χ2n) is 5.69. The molecule has 1 unspecified atom stereocenters. The van der Waals surface area contributed by atoms with Crippen LogP contribution in [0.1, 0.15) is 44.1 Å². The maximum atomic E-state index is 12.8. The van der Waals surface area contributed by atoms with Gasteiger partial charge < -0.3 is 10.3 Å². The van der Waals surface area contributed by atoms with Crippen LogP contribution in [0, 0.1) is 11.2 Å². The third-order valence-corrected chi connectivity index (χ3v) is 2.96. The molecule has 1 atom stereocenters. The summed E-state index contributed by atoms with van der Waals surface area (Å²) < 4.78 is 18.0. The molecule has 0 saturated carbocycles. The van der Waals surface area contributed by atoms with Crippen LogP contribution in [0.5, 0.6) is 0 Å². The smallest absolute Gasteiger partial charge is 0.231 e. The van der Waals surface area contributed by atoms with Crippen molar-refractivity contribution in [1.29, 1.82) is 0 Å². The fraction of sp³-hybridized carbons (Fsp3) is 0.429. The SMILES string of the molecule is CC(C)(C)C(N)c1noc(Cc2ccc(F)cc2)n1. The average molecular weight is 263 g/mol. The van der Waals surface area contributed by atoms with Crippen LogP contribution in [-0.2, 0) is 6.42 Å². The van der Waals surface area contributed by atoms with Gasteiger partial charge in [-0.1, -0.05) is 38.1 Å². The molecule has 0 radical (unpaired) electrons. The summed E-state index contributed by atoms with van der Waals surface area (Å²) in [6.07, 6.45) is 0.476. The largest absolute Gasteiger partial charge is 0.339 e. The Kier molecular flexibility index (Phi) is 3.66. The quantitative estimate of drug-likeness (QED) is 0.924. The van der Waals surface area contributed by atoms with Gasteiger partial charge >= 0.3 is 0 Å². The second kappa shape index (κ2) is 5.09. The molecular formula is C14H18FN3O. The van der Waals surface area contributed by atoms with Gasteiger partial charge in [-0.15, -0.1) is 0 Å². The van der Waals surface area contributed by atoms with Crippen molar-refractivity contribution in [2.75, 3.05) is 0 Å². The number of nitrogens with zero attached hydrogens (tertiary/aromatic N) is 2. The van der Waals surface area contributed by atoms with E-state index in [2.05, 4.69) is 10.1 Å². The molecule has 4 nitrogen and oxygen atoms in total. The van der Waals surface area contributed by atoms with Crippen LogP contribution in [0.4, 0.5) is 4.39 Å². The van der Waals surface area contributed by atoms with Crippen molar-refractivity contribution in [2.24, 2.45) is 11.1 Å². The van der Waals surface area contributed by atoms with Crippen molar-refractivity contribution >= 4 is 0 Å². The van der Waals surface area contributed by atoms with Gasteiger partial charge in [-0.05, 0) is 23.1 Å². The Balaban J connectivity index is 2.11. The number of halogens is 1. The summed E-state index contributed by atoms with van der Waals surface area (Å²) in [6.45, 7) is 6.06. The van der Waals surface area contributed by atoms with Gasteiger partial charge in [0.25, 0.3) is 0 Å². The summed E-state index contributed by atoms with van der Waals surface area (Å²) in [4.78, 5) is 4.30. The highest BCUT2D eigenvalue weighted by Crippen LogP contribution is 2.28. The number of hydrogen-bond donors (Lipinski definition) is 1. The summed E-state index contributed by atoms with van der Waals surface area (Å²) >= 11 is 0. The molecule has 0 spiro atoms. The first-order valence-corrected chi connectivity index (χ1v) is 6.19. The Labute approximate surface area is 111 Å².